The third kappa shape index (κ3) is 3.37. The van der Waals surface area contributed by atoms with Crippen molar-refractivity contribution in [2.75, 3.05) is 11.1 Å². The minimum Gasteiger partial charge on any atom is -0.382 e. The zero-order chi connectivity index (χ0) is 14.3. The predicted molar refractivity (Wildman–Crippen MR) is 79.6 cm³/mol. The number of hydrogen-bond donors (Lipinski definition) is 3. The fourth-order valence-corrected chi connectivity index (χ4v) is 3.02. The molecule has 1 heterocycles. The van der Waals surface area contributed by atoms with Gasteiger partial charge < -0.3 is 16.4 Å². The molecule has 0 bridgehead atoms. The average molecular weight is 282 g/mol. The van der Waals surface area contributed by atoms with Crippen molar-refractivity contribution in [2.45, 2.75) is 58.0 Å². The normalized spacial score (nSPS) is 17.7. The van der Waals surface area contributed by atoms with E-state index in [1.807, 2.05) is 20.8 Å². The predicted octanol–water partition coefficient (Wildman–Crippen LogP) is 2.61. The number of carbonyl (C=O) groups is 1. The van der Waals surface area contributed by atoms with Gasteiger partial charge in [0.25, 0.3) is 5.91 Å². The summed E-state index contributed by atoms with van der Waals surface area (Å²) in [5.74, 6) is 0.191. The molecule has 0 unspecified atom stereocenters. The zero-order valence-electron chi connectivity index (χ0n) is 12.0. The van der Waals surface area contributed by atoms with E-state index >= 15 is 0 Å². The molecule has 1 amide bonds. The van der Waals surface area contributed by atoms with Gasteiger partial charge in [0.05, 0.1) is 0 Å². The molecule has 0 saturated heterocycles. The van der Waals surface area contributed by atoms with Gasteiger partial charge in [0.15, 0.2) is 5.13 Å². The number of aromatic nitrogens is 1. The lowest BCUT2D eigenvalue weighted by molar-refractivity contribution is 0.0855. The van der Waals surface area contributed by atoms with Crippen LogP contribution >= 0.6 is 11.3 Å². The Balaban J connectivity index is 2.09. The van der Waals surface area contributed by atoms with Crippen LogP contribution in [0.25, 0.3) is 0 Å². The number of carbonyl (C=O) groups excluding carboxylic acids is 1. The number of amides is 1. The van der Waals surface area contributed by atoms with Crippen molar-refractivity contribution in [3.63, 3.8) is 0 Å². The Labute approximate surface area is 118 Å². The number of nitrogen functional groups attached to an aromatic ring is 1. The maximum absolute atomic E-state index is 12.2. The highest BCUT2D eigenvalue weighted by atomic mass is 32.1. The molecule has 0 spiro atoms. The van der Waals surface area contributed by atoms with Crippen LogP contribution in [0.15, 0.2) is 0 Å². The Bertz CT molecular complexity index is 485. The summed E-state index contributed by atoms with van der Waals surface area (Å²) in [5, 5.41) is 6.97. The Hall–Kier alpha value is -1.30. The smallest absolute Gasteiger partial charge is 0.265 e. The fourth-order valence-electron chi connectivity index (χ4n) is 2.03. The van der Waals surface area contributed by atoms with Crippen molar-refractivity contribution in [3.05, 3.63) is 4.88 Å². The third-order valence-corrected chi connectivity index (χ3v) is 4.20. The zero-order valence-corrected chi connectivity index (χ0v) is 12.8. The molecule has 1 aliphatic carbocycles. The van der Waals surface area contributed by atoms with E-state index in [0.29, 0.717) is 15.8 Å². The van der Waals surface area contributed by atoms with E-state index in [-0.39, 0.29) is 17.0 Å². The summed E-state index contributed by atoms with van der Waals surface area (Å²) in [6, 6.07) is 0. The molecule has 19 heavy (non-hydrogen) atoms. The molecule has 2 rings (SSSR count). The van der Waals surface area contributed by atoms with Gasteiger partial charge in [-0.1, -0.05) is 11.3 Å². The lowest BCUT2D eigenvalue weighted by Crippen LogP contribution is -2.50. The van der Waals surface area contributed by atoms with Crippen LogP contribution in [0, 0.1) is 0 Å². The molecule has 1 aromatic heterocycles. The van der Waals surface area contributed by atoms with E-state index in [4.69, 9.17) is 5.73 Å². The van der Waals surface area contributed by atoms with Crippen LogP contribution in [0.2, 0.25) is 0 Å². The van der Waals surface area contributed by atoms with Crippen LogP contribution in [0.4, 0.5) is 10.9 Å². The number of nitrogens with zero attached hydrogens (tertiary/aromatic N) is 1. The van der Waals surface area contributed by atoms with Gasteiger partial charge in [-0.05, 0) is 47.0 Å². The van der Waals surface area contributed by atoms with Gasteiger partial charge in [0.1, 0.15) is 10.7 Å². The van der Waals surface area contributed by atoms with Crippen LogP contribution < -0.4 is 16.4 Å². The van der Waals surface area contributed by atoms with Crippen molar-refractivity contribution in [1.29, 1.82) is 0 Å². The van der Waals surface area contributed by atoms with Crippen LogP contribution in [0.3, 0.4) is 0 Å². The quantitative estimate of drug-likeness (QED) is 0.796. The number of rotatable bonds is 3. The second-order valence-electron chi connectivity index (χ2n) is 6.48. The molecule has 1 aliphatic rings. The van der Waals surface area contributed by atoms with E-state index in [9.17, 15) is 4.79 Å². The summed E-state index contributed by atoms with van der Waals surface area (Å²) >= 11 is 1.31. The first-order valence-corrected chi connectivity index (χ1v) is 7.37. The largest absolute Gasteiger partial charge is 0.382 e. The summed E-state index contributed by atoms with van der Waals surface area (Å²) in [7, 11) is 0. The number of anilines is 2. The highest BCUT2D eigenvalue weighted by molar-refractivity contribution is 7.18. The minimum absolute atomic E-state index is 0.0644. The van der Waals surface area contributed by atoms with Crippen LogP contribution in [-0.4, -0.2) is 22.0 Å². The van der Waals surface area contributed by atoms with E-state index < -0.39 is 0 Å². The number of nitrogens with two attached hydrogens (primary N) is 1. The molecule has 0 atom stereocenters. The molecule has 5 nitrogen and oxygen atoms in total. The second kappa shape index (κ2) is 4.67. The van der Waals surface area contributed by atoms with E-state index in [0.717, 1.165) is 12.8 Å². The van der Waals surface area contributed by atoms with Gasteiger partial charge >= 0.3 is 0 Å². The molecule has 0 aromatic carbocycles. The average Bonchev–Trinajstić information content (AvgIpc) is 2.54. The van der Waals surface area contributed by atoms with Gasteiger partial charge in [-0.15, -0.1) is 0 Å². The number of thiazole rings is 1. The summed E-state index contributed by atoms with van der Waals surface area (Å²) in [6.45, 7) is 8.19. The molecular formula is C13H22N4OS. The number of hydrogen-bond acceptors (Lipinski definition) is 5. The van der Waals surface area contributed by atoms with Crippen LogP contribution in [0.1, 0.15) is 56.6 Å². The van der Waals surface area contributed by atoms with Crippen molar-refractivity contribution in [3.8, 4) is 0 Å². The molecule has 1 fully saturated rings. The molecular weight excluding hydrogens is 260 g/mol. The van der Waals surface area contributed by atoms with Crippen molar-refractivity contribution in [2.24, 2.45) is 0 Å². The standard InChI is InChI=1S/C13H22N4OS/c1-12(2,3)17-11-15-9(14)8(19-11)10(18)16-13(4)6-5-7-13/h5-7,14H2,1-4H3,(H,15,17)(H,16,18). The van der Waals surface area contributed by atoms with Gasteiger partial charge in [-0.3, -0.25) is 4.79 Å². The van der Waals surface area contributed by atoms with Crippen molar-refractivity contribution in [1.82, 2.24) is 10.3 Å². The topological polar surface area (TPSA) is 80.0 Å². The van der Waals surface area contributed by atoms with E-state index in [1.165, 1.54) is 17.8 Å². The third-order valence-electron chi connectivity index (χ3n) is 3.21. The first-order chi connectivity index (χ1) is 8.69. The van der Waals surface area contributed by atoms with Crippen molar-refractivity contribution < 1.29 is 4.79 Å². The maximum Gasteiger partial charge on any atom is 0.265 e. The lowest BCUT2D eigenvalue weighted by Gasteiger charge is -2.38. The SMILES string of the molecule is CC(C)(C)Nc1nc(N)c(C(=O)NC2(C)CCC2)s1. The van der Waals surface area contributed by atoms with Gasteiger partial charge in [-0.2, -0.15) is 0 Å². The molecule has 1 aromatic rings. The fraction of sp³-hybridized carbons (Fsp3) is 0.692. The first kappa shape index (κ1) is 14.1. The summed E-state index contributed by atoms with van der Waals surface area (Å²) in [4.78, 5) is 16.9. The highest BCUT2D eigenvalue weighted by Crippen LogP contribution is 2.33. The summed E-state index contributed by atoms with van der Waals surface area (Å²) in [5.41, 5.74) is 5.67. The maximum atomic E-state index is 12.2. The molecule has 0 aliphatic heterocycles. The Morgan fingerprint density at radius 3 is 2.53 bits per heavy atom. The van der Waals surface area contributed by atoms with E-state index in [1.54, 1.807) is 0 Å². The molecule has 1 saturated carbocycles. The minimum atomic E-state index is -0.112. The molecule has 0 radical (unpaired) electrons. The molecule has 4 N–H and O–H groups in total. The van der Waals surface area contributed by atoms with E-state index in [2.05, 4.69) is 22.5 Å². The Morgan fingerprint density at radius 2 is 2.05 bits per heavy atom. The summed E-state index contributed by atoms with van der Waals surface area (Å²) in [6.07, 6.45) is 3.24. The monoisotopic (exact) mass is 282 g/mol. The van der Waals surface area contributed by atoms with Crippen molar-refractivity contribution >= 4 is 28.2 Å². The molecule has 6 heteroatoms. The van der Waals surface area contributed by atoms with Gasteiger partial charge in [0, 0.05) is 11.1 Å². The Kier molecular flexibility index (Phi) is 3.47. The highest BCUT2D eigenvalue weighted by Gasteiger charge is 2.34. The van der Waals surface area contributed by atoms with Crippen LogP contribution in [0.5, 0.6) is 0 Å². The van der Waals surface area contributed by atoms with Gasteiger partial charge in [0.2, 0.25) is 0 Å². The summed E-state index contributed by atoms with van der Waals surface area (Å²) < 4.78 is 0. The molecule has 106 valence electrons. The van der Waals surface area contributed by atoms with Gasteiger partial charge in [-0.25, -0.2) is 4.98 Å². The number of nitrogens with one attached hydrogen (secondary N) is 2. The first-order valence-electron chi connectivity index (χ1n) is 6.56. The van der Waals surface area contributed by atoms with Crippen LogP contribution in [-0.2, 0) is 0 Å². The Morgan fingerprint density at radius 1 is 1.42 bits per heavy atom. The second-order valence-corrected chi connectivity index (χ2v) is 7.48. The lowest BCUT2D eigenvalue weighted by atomic mass is 9.78.